The van der Waals surface area contributed by atoms with E-state index in [-0.39, 0.29) is 10.8 Å². The van der Waals surface area contributed by atoms with Gasteiger partial charge in [-0.15, -0.1) is 11.3 Å². The zero-order chi connectivity index (χ0) is 15.2. The number of rotatable bonds is 9. The summed E-state index contributed by atoms with van der Waals surface area (Å²) in [6, 6.07) is 1.59. The Morgan fingerprint density at radius 1 is 1.45 bits per heavy atom. The maximum absolute atomic E-state index is 12.0. The summed E-state index contributed by atoms with van der Waals surface area (Å²) in [5.41, 5.74) is 0.804. The zero-order valence-corrected chi connectivity index (χ0v) is 13.8. The van der Waals surface area contributed by atoms with E-state index in [2.05, 4.69) is 18.6 Å². The Morgan fingerprint density at radius 3 is 2.70 bits per heavy atom. The highest BCUT2D eigenvalue weighted by Crippen LogP contribution is 2.25. The third kappa shape index (κ3) is 5.49. The molecule has 0 atom stereocenters. The van der Waals surface area contributed by atoms with Crippen LogP contribution in [0.15, 0.2) is 10.3 Å². The van der Waals surface area contributed by atoms with Crippen LogP contribution in [-0.4, -0.2) is 33.3 Å². The summed E-state index contributed by atoms with van der Waals surface area (Å²) >= 11 is 1.11. The van der Waals surface area contributed by atoms with Crippen molar-refractivity contribution in [3.63, 3.8) is 0 Å². The van der Waals surface area contributed by atoms with Gasteiger partial charge in [0.15, 0.2) is 0 Å². The molecule has 0 bridgehead atoms. The van der Waals surface area contributed by atoms with Crippen LogP contribution in [0.1, 0.15) is 30.7 Å². The highest BCUT2D eigenvalue weighted by Gasteiger charge is 2.17. The standard InChI is InChI=1S/C13H23NO4S2/c1-10(2)9-18-6-4-5-14-20(16,17)13-7-11(3)12(8-15)19-13/h7,10,14-15H,4-6,8-9H2,1-3H3. The molecule has 0 aliphatic heterocycles. The molecule has 0 fully saturated rings. The molecule has 0 amide bonds. The Balaban J connectivity index is 2.41. The molecule has 7 heteroatoms. The van der Waals surface area contributed by atoms with Crippen molar-refractivity contribution in [2.45, 2.75) is 38.0 Å². The first-order valence-electron chi connectivity index (χ1n) is 6.64. The second-order valence-electron chi connectivity index (χ2n) is 5.05. The molecule has 1 heterocycles. The minimum atomic E-state index is -3.47. The zero-order valence-electron chi connectivity index (χ0n) is 12.2. The van der Waals surface area contributed by atoms with Crippen molar-refractivity contribution < 1.29 is 18.3 Å². The second kappa shape index (κ2) is 8.09. The SMILES string of the molecule is Cc1cc(S(=O)(=O)NCCCOCC(C)C)sc1CO. The van der Waals surface area contributed by atoms with Crippen LogP contribution in [0.3, 0.4) is 0 Å². The Bertz CT molecular complexity index is 508. The fourth-order valence-electron chi connectivity index (χ4n) is 1.55. The fourth-order valence-corrected chi connectivity index (χ4v) is 4.12. The summed E-state index contributed by atoms with van der Waals surface area (Å²) in [5, 5.41) is 9.09. The van der Waals surface area contributed by atoms with Crippen molar-refractivity contribution in [2.75, 3.05) is 19.8 Å². The molecule has 116 valence electrons. The van der Waals surface area contributed by atoms with E-state index in [9.17, 15) is 8.42 Å². The molecular formula is C13H23NO4S2. The summed E-state index contributed by atoms with van der Waals surface area (Å²) in [6.45, 7) is 7.39. The lowest BCUT2D eigenvalue weighted by Gasteiger charge is -2.07. The van der Waals surface area contributed by atoms with E-state index in [0.29, 0.717) is 37.0 Å². The Hall–Kier alpha value is -0.470. The Kier molecular flexibility index (Phi) is 7.11. The smallest absolute Gasteiger partial charge is 0.250 e. The fraction of sp³-hybridized carbons (Fsp3) is 0.692. The topological polar surface area (TPSA) is 75.6 Å². The molecule has 1 aromatic heterocycles. The van der Waals surface area contributed by atoms with Gasteiger partial charge in [-0.05, 0) is 30.9 Å². The van der Waals surface area contributed by atoms with Gasteiger partial charge in [-0.1, -0.05) is 13.8 Å². The molecule has 0 radical (unpaired) electrons. The van der Waals surface area contributed by atoms with Crippen molar-refractivity contribution in [1.29, 1.82) is 0 Å². The summed E-state index contributed by atoms with van der Waals surface area (Å²) in [4.78, 5) is 0.686. The predicted molar refractivity (Wildman–Crippen MR) is 80.4 cm³/mol. The summed E-state index contributed by atoms with van der Waals surface area (Å²) in [7, 11) is -3.47. The van der Waals surface area contributed by atoms with Crippen molar-refractivity contribution in [3.8, 4) is 0 Å². The largest absolute Gasteiger partial charge is 0.391 e. The van der Waals surface area contributed by atoms with Gasteiger partial charge >= 0.3 is 0 Å². The average molecular weight is 321 g/mol. The van der Waals surface area contributed by atoms with Gasteiger partial charge in [0.1, 0.15) is 4.21 Å². The molecule has 0 spiro atoms. The maximum atomic E-state index is 12.0. The lowest BCUT2D eigenvalue weighted by Crippen LogP contribution is -2.25. The minimum absolute atomic E-state index is 0.130. The van der Waals surface area contributed by atoms with Crippen LogP contribution < -0.4 is 4.72 Å². The third-order valence-electron chi connectivity index (χ3n) is 2.62. The Morgan fingerprint density at radius 2 is 2.15 bits per heavy atom. The van der Waals surface area contributed by atoms with E-state index in [4.69, 9.17) is 9.84 Å². The van der Waals surface area contributed by atoms with Crippen molar-refractivity contribution >= 4 is 21.4 Å². The van der Waals surface area contributed by atoms with Crippen molar-refractivity contribution in [2.24, 2.45) is 5.92 Å². The highest BCUT2D eigenvalue weighted by molar-refractivity contribution is 7.91. The van der Waals surface area contributed by atoms with Gasteiger partial charge in [0.2, 0.25) is 10.0 Å². The second-order valence-corrected chi connectivity index (χ2v) is 8.18. The number of hydrogen-bond donors (Lipinski definition) is 2. The Labute approximate surface area is 125 Å². The maximum Gasteiger partial charge on any atom is 0.250 e. The molecule has 1 rings (SSSR count). The first-order chi connectivity index (χ1) is 9.36. The van der Waals surface area contributed by atoms with E-state index >= 15 is 0 Å². The van der Waals surface area contributed by atoms with Gasteiger partial charge in [-0.25, -0.2) is 13.1 Å². The molecule has 0 unspecified atom stereocenters. The highest BCUT2D eigenvalue weighted by atomic mass is 32.2. The number of aliphatic hydroxyl groups is 1. The van der Waals surface area contributed by atoms with E-state index in [0.717, 1.165) is 16.9 Å². The first-order valence-corrected chi connectivity index (χ1v) is 8.94. The van der Waals surface area contributed by atoms with Crippen LogP contribution in [-0.2, 0) is 21.4 Å². The number of sulfonamides is 1. The third-order valence-corrected chi connectivity index (χ3v) is 5.77. The summed E-state index contributed by atoms with van der Waals surface area (Å²) in [6.07, 6.45) is 0.642. The van der Waals surface area contributed by atoms with Crippen molar-refractivity contribution in [3.05, 3.63) is 16.5 Å². The van der Waals surface area contributed by atoms with E-state index in [1.807, 2.05) is 0 Å². The lowest BCUT2D eigenvalue weighted by atomic mass is 10.2. The van der Waals surface area contributed by atoms with Crippen LogP contribution in [0.25, 0.3) is 0 Å². The van der Waals surface area contributed by atoms with E-state index in [1.54, 1.807) is 13.0 Å². The van der Waals surface area contributed by atoms with Crippen LogP contribution in [0.4, 0.5) is 0 Å². The van der Waals surface area contributed by atoms with Crippen LogP contribution in [0, 0.1) is 12.8 Å². The first kappa shape index (κ1) is 17.6. The van der Waals surface area contributed by atoms with Gasteiger partial charge < -0.3 is 9.84 Å². The van der Waals surface area contributed by atoms with Gasteiger partial charge in [0.25, 0.3) is 0 Å². The van der Waals surface area contributed by atoms with Gasteiger partial charge in [-0.3, -0.25) is 0 Å². The minimum Gasteiger partial charge on any atom is -0.391 e. The van der Waals surface area contributed by atoms with Crippen LogP contribution in [0.5, 0.6) is 0 Å². The van der Waals surface area contributed by atoms with E-state index < -0.39 is 10.0 Å². The number of hydrogen-bond acceptors (Lipinski definition) is 5. The predicted octanol–water partition coefficient (Wildman–Crippen LogP) is 1.89. The van der Waals surface area contributed by atoms with Gasteiger partial charge in [0, 0.05) is 24.6 Å². The monoisotopic (exact) mass is 321 g/mol. The molecular weight excluding hydrogens is 298 g/mol. The summed E-state index contributed by atoms with van der Waals surface area (Å²) in [5.74, 6) is 0.484. The average Bonchev–Trinajstić information content (AvgIpc) is 2.75. The summed E-state index contributed by atoms with van der Waals surface area (Å²) < 4.78 is 32.3. The number of ether oxygens (including phenoxy) is 1. The van der Waals surface area contributed by atoms with Gasteiger partial charge in [0.05, 0.1) is 6.61 Å². The number of aryl methyl sites for hydroxylation is 1. The molecule has 1 aromatic rings. The normalized spacial score (nSPS) is 12.2. The molecule has 5 nitrogen and oxygen atoms in total. The number of aliphatic hydroxyl groups excluding tert-OH is 1. The molecule has 2 N–H and O–H groups in total. The molecule has 0 aliphatic rings. The molecule has 0 aromatic carbocycles. The van der Waals surface area contributed by atoms with E-state index in [1.165, 1.54) is 0 Å². The molecule has 0 aliphatic carbocycles. The number of nitrogens with one attached hydrogen (secondary N) is 1. The quantitative estimate of drug-likeness (QED) is 0.681. The molecule has 0 saturated carbocycles. The van der Waals surface area contributed by atoms with Gasteiger partial charge in [-0.2, -0.15) is 0 Å². The van der Waals surface area contributed by atoms with Crippen LogP contribution >= 0.6 is 11.3 Å². The number of thiophene rings is 1. The molecule has 20 heavy (non-hydrogen) atoms. The molecule has 0 saturated heterocycles. The lowest BCUT2D eigenvalue weighted by molar-refractivity contribution is 0.108. The van der Waals surface area contributed by atoms with Crippen molar-refractivity contribution in [1.82, 2.24) is 4.72 Å². The van der Waals surface area contributed by atoms with Crippen LogP contribution in [0.2, 0.25) is 0 Å².